The van der Waals surface area contributed by atoms with Crippen LogP contribution in [-0.2, 0) is 14.4 Å². The van der Waals surface area contributed by atoms with Gasteiger partial charge < -0.3 is 10.2 Å². The Labute approximate surface area is 97.0 Å². The second kappa shape index (κ2) is 4.52. The molecule has 1 aliphatic heterocycles. The summed E-state index contributed by atoms with van der Waals surface area (Å²) in [6, 6.07) is 6.21. The van der Waals surface area contributed by atoms with Gasteiger partial charge in [-0.2, -0.15) is 5.06 Å². The van der Waals surface area contributed by atoms with Crippen LogP contribution in [0.5, 0.6) is 0 Å². The van der Waals surface area contributed by atoms with Crippen molar-refractivity contribution in [2.24, 2.45) is 0 Å². The van der Waals surface area contributed by atoms with E-state index in [4.69, 9.17) is 9.94 Å². The average Bonchev–Trinajstić information content (AvgIpc) is 2.74. The van der Waals surface area contributed by atoms with Crippen LogP contribution in [0.1, 0.15) is 18.1 Å². The number of benzene rings is 1. The molecule has 0 radical (unpaired) electrons. The fraction of sp³-hybridized carbons (Fsp3) is 0.273. The second-order valence-corrected chi connectivity index (χ2v) is 3.57. The smallest absolute Gasteiger partial charge is 0.337 e. The number of carboxylic acid groups (broad SMARTS) is 1. The topological polar surface area (TPSA) is 87.1 Å². The Bertz CT molecular complexity index is 459. The van der Waals surface area contributed by atoms with Gasteiger partial charge in [0.2, 0.25) is 0 Å². The van der Waals surface area contributed by atoms with Gasteiger partial charge in [0, 0.05) is 5.56 Å². The number of hydrogen-bond acceptors (Lipinski definition) is 4. The highest BCUT2D eigenvalue weighted by Crippen LogP contribution is 2.29. The zero-order chi connectivity index (χ0) is 12.4. The van der Waals surface area contributed by atoms with E-state index in [-0.39, 0.29) is 30.2 Å². The molecule has 0 saturated carbocycles. The summed E-state index contributed by atoms with van der Waals surface area (Å²) in [5.74, 6) is -1.63. The third kappa shape index (κ3) is 2.13. The van der Waals surface area contributed by atoms with Crippen molar-refractivity contribution in [1.82, 2.24) is 0 Å². The maximum absolute atomic E-state index is 11.5. The van der Waals surface area contributed by atoms with Gasteiger partial charge in [-0.3, -0.25) is 9.63 Å². The van der Waals surface area contributed by atoms with Crippen LogP contribution in [0.2, 0.25) is 0 Å². The molecule has 1 unspecified atom stereocenters. The molecule has 2 N–H and O–H groups in total. The third-order valence-corrected chi connectivity index (χ3v) is 2.45. The Morgan fingerprint density at radius 1 is 1.41 bits per heavy atom. The van der Waals surface area contributed by atoms with Crippen molar-refractivity contribution in [2.75, 3.05) is 11.7 Å². The van der Waals surface area contributed by atoms with E-state index >= 15 is 0 Å². The van der Waals surface area contributed by atoms with Gasteiger partial charge in [0.25, 0.3) is 5.91 Å². The molecule has 1 aromatic rings. The second-order valence-electron chi connectivity index (χ2n) is 3.57. The van der Waals surface area contributed by atoms with E-state index < -0.39 is 12.1 Å². The van der Waals surface area contributed by atoms with E-state index in [9.17, 15) is 14.7 Å². The van der Waals surface area contributed by atoms with Crippen molar-refractivity contribution in [2.45, 2.75) is 12.5 Å². The first-order chi connectivity index (χ1) is 8.11. The number of aliphatic hydroxyl groups excluding tert-OH is 1. The number of hydrogen-bond donors (Lipinski definition) is 2. The Morgan fingerprint density at radius 2 is 2.12 bits per heavy atom. The number of nitrogens with zero attached hydrogens (tertiary/aromatic N) is 1. The zero-order valence-corrected chi connectivity index (χ0v) is 8.87. The molecule has 1 aromatic carbocycles. The molecule has 1 amide bonds. The Balaban J connectivity index is 2.40. The van der Waals surface area contributed by atoms with E-state index in [1.54, 1.807) is 12.1 Å². The minimum atomic E-state index is -1.68. The van der Waals surface area contributed by atoms with Crippen molar-refractivity contribution in [3.8, 4) is 0 Å². The number of amides is 1. The van der Waals surface area contributed by atoms with Gasteiger partial charge in [-0.15, -0.1) is 0 Å². The first kappa shape index (κ1) is 11.6. The van der Waals surface area contributed by atoms with Gasteiger partial charge >= 0.3 is 5.97 Å². The van der Waals surface area contributed by atoms with Gasteiger partial charge in [-0.05, 0) is 6.07 Å². The number of carbonyl (C=O) groups excluding carboxylic acids is 1. The molecule has 0 aliphatic carbocycles. The molecule has 0 aromatic heterocycles. The van der Waals surface area contributed by atoms with Gasteiger partial charge in [0.15, 0.2) is 6.10 Å². The fourth-order valence-corrected chi connectivity index (χ4v) is 1.64. The molecule has 1 aliphatic rings. The Morgan fingerprint density at radius 3 is 2.71 bits per heavy atom. The summed E-state index contributed by atoms with van der Waals surface area (Å²) in [6.07, 6.45) is -1.43. The Kier molecular flexibility index (Phi) is 3.08. The first-order valence-corrected chi connectivity index (χ1v) is 5.07. The zero-order valence-electron chi connectivity index (χ0n) is 8.87. The predicted octanol–water partition coefficient (Wildman–Crippen LogP) is 0.473. The number of carbonyl (C=O) groups is 2. The lowest BCUT2D eigenvalue weighted by atomic mass is 10.1. The van der Waals surface area contributed by atoms with Gasteiger partial charge in [0.1, 0.15) is 0 Å². The van der Waals surface area contributed by atoms with Gasteiger partial charge in [0.05, 0.1) is 18.7 Å². The molecule has 17 heavy (non-hydrogen) atoms. The normalized spacial score (nSPS) is 17.2. The lowest BCUT2D eigenvalue weighted by Gasteiger charge is -2.19. The van der Waals surface area contributed by atoms with E-state index in [0.29, 0.717) is 0 Å². The molecule has 1 atom stereocenters. The van der Waals surface area contributed by atoms with Crippen LogP contribution >= 0.6 is 0 Å². The monoisotopic (exact) mass is 237 g/mol. The summed E-state index contributed by atoms with van der Waals surface area (Å²) in [4.78, 5) is 27.3. The molecule has 2 rings (SSSR count). The highest BCUT2D eigenvalue weighted by atomic mass is 16.7. The number of carboxylic acids is 1. The summed E-state index contributed by atoms with van der Waals surface area (Å²) in [6.45, 7) is 0.260. The van der Waals surface area contributed by atoms with E-state index in [1.807, 2.05) is 0 Å². The van der Waals surface area contributed by atoms with Crippen molar-refractivity contribution in [3.63, 3.8) is 0 Å². The van der Waals surface area contributed by atoms with Gasteiger partial charge in [-0.1, -0.05) is 18.2 Å². The summed E-state index contributed by atoms with van der Waals surface area (Å²) in [5.41, 5.74) is 0.403. The van der Waals surface area contributed by atoms with Crippen molar-refractivity contribution >= 4 is 17.6 Å². The molecular formula is C11H11NO5. The standard InChI is InChI=1S/C11H11NO5/c13-9-5-6-17-12(9)8-4-2-1-3-7(8)10(14)11(15)16/h1-4,10,14H,5-6H2,(H,15,16). The molecule has 1 saturated heterocycles. The van der Waals surface area contributed by atoms with Gasteiger partial charge in [-0.25, -0.2) is 4.79 Å². The van der Waals surface area contributed by atoms with Crippen LogP contribution in [0.4, 0.5) is 5.69 Å². The molecule has 6 heteroatoms. The average molecular weight is 237 g/mol. The molecule has 0 spiro atoms. The van der Waals surface area contributed by atoms with Crippen LogP contribution in [0.25, 0.3) is 0 Å². The lowest BCUT2D eigenvalue weighted by Crippen LogP contribution is -2.25. The third-order valence-electron chi connectivity index (χ3n) is 2.45. The van der Waals surface area contributed by atoms with Crippen LogP contribution in [0.15, 0.2) is 24.3 Å². The van der Waals surface area contributed by atoms with Crippen molar-refractivity contribution < 1.29 is 24.6 Å². The number of aliphatic carboxylic acids is 1. The van der Waals surface area contributed by atoms with E-state index in [0.717, 1.165) is 5.06 Å². The lowest BCUT2D eigenvalue weighted by molar-refractivity contribution is -0.147. The van der Waals surface area contributed by atoms with Crippen LogP contribution in [0.3, 0.4) is 0 Å². The molecular weight excluding hydrogens is 226 g/mol. The molecule has 90 valence electrons. The van der Waals surface area contributed by atoms with E-state index in [2.05, 4.69) is 0 Å². The summed E-state index contributed by atoms with van der Waals surface area (Å²) in [7, 11) is 0. The van der Waals surface area contributed by atoms with E-state index in [1.165, 1.54) is 12.1 Å². The Hall–Kier alpha value is -1.92. The highest BCUT2D eigenvalue weighted by Gasteiger charge is 2.29. The minimum Gasteiger partial charge on any atom is -0.479 e. The predicted molar refractivity (Wildman–Crippen MR) is 57.1 cm³/mol. The largest absolute Gasteiger partial charge is 0.479 e. The minimum absolute atomic E-state index is 0.134. The number of para-hydroxylation sites is 1. The summed E-state index contributed by atoms with van der Waals surface area (Å²) >= 11 is 0. The van der Waals surface area contributed by atoms with Crippen molar-refractivity contribution in [3.05, 3.63) is 29.8 Å². The van der Waals surface area contributed by atoms with Crippen LogP contribution in [-0.4, -0.2) is 28.7 Å². The highest BCUT2D eigenvalue weighted by molar-refractivity contribution is 5.94. The molecule has 1 fully saturated rings. The number of rotatable bonds is 3. The first-order valence-electron chi connectivity index (χ1n) is 5.07. The number of hydroxylamine groups is 1. The quantitative estimate of drug-likeness (QED) is 0.798. The van der Waals surface area contributed by atoms with Crippen LogP contribution in [0, 0.1) is 0 Å². The molecule has 6 nitrogen and oxygen atoms in total. The molecule has 1 heterocycles. The molecule has 0 bridgehead atoms. The summed E-state index contributed by atoms with van der Waals surface area (Å²) in [5, 5.41) is 19.3. The fourth-order valence-electron chi connectivity index (χ4n) is 1.64. The van der Waals surface area contributed by atoms with Crippen molar-refractivity contribution in [1.29, 1.82) is 0 Å². The number of anilines is 1. The summed E-state index contributed by atoms with van der Waals surface area (Å²) < 4.78 is 0. The maximum atomic E-state index is 11.5. The maximum Gasteiger partial charge on any atom is 0.337 e. The van der Waals surface area contributed by atoms with Crippen LogP contribution < -0.4 is 5.06 Å². The number of aliphatic hydroxyl groups is 1. The SMILES string of the molecule is O=C(O)C(O)c1ccccc1N1OCCC1=O.